The van der Waals surface area contributed by atoms with Gasteiger partial charge in [-0.1, -0.05) is 147 Å². The van der Waals surface area contributed by atoms with Crippen molar-refractivity contribution in [2.24, 2.45) is 0 Å². The molecule has 5 aromatic carbocycles. The number of hydrogen-bond donors (Lipinski definition) is 0. The maximum atomic E-state index is 6.60. The minimum atomic E-state index is -0.0467. The summed E-state index contributed by atoms with van der Waals surface area (Å²) in [5.74, 6) is 1.86. The minimum absolute atomic E-state index is 0. The molecule has 4 heterocycles. The molecule has 0 N–H and O–H groups in total. The number of rotatable bonds is 6. The van der Waals surface area contributed by atoms with Crippen molar-refractivity contribution in [1.82, 2.24) is 19.1 Å². The first-order valence-corrected chi connectivity index (χ1v) is 20.3. The van der Waals surface area contributed by atoms with Gasteiger partial charge < -0.3 is 18.9 Å². The molecule has 0 unspecified atom stereocenters. The molecular formula is C53H49N5OPt-2. The van der Waals surface area contributed by atoms with E-state index < -0.39 is 0 Å². The van der Waals surface area contributed by atoms with Crippen molar-refractivity contribution in [1.29, 1.82) is 0 Å². The molecule has 0 saturated carbocycles. The Balaban J connectivity index is 0.00000499. The van der Waals surface area contributed by atoms with E-state index in [0.29, 0.717) is 17.2 Å². The van der Waals surface area contributed by atoms with Gasteiger partial charge in [0.1, 0.15) is 5.82 Å². The largest absolute Gasteiger partial charge is 0.508 e. The zero-order valence-corrected chi connectivity index (χ0v) is 37.9. The van der Waals surface area contributed by atoms with Crippen LogP contribution in [0.5, 0.6) is 11.5 Å². The number of benzene rings is 5. The maximum Gasteiger partial charge on any atom is 0.268 e. The number of hydrogen-bond acceptors (Lipinski definition) is 3. The van der Waals surface area contributed by atoms with E-state index in [1.165, 1.54) is 16.7 Å². The summed E-state index contributed by atoms with van der Waals surface area (Å²) in [5, 5.41) is 2.20. The van der Waals surface area contributed by atoms with E-state index in [2.05, 4.69) is 198 Å². The molecule has 0 saturated heterocycles. The number of fused-ring (bicyclic) bond motifs is 4. The van der Waals surface area contributed by atoms with E-state index in [9.17, 15) is 0 Å². The molecule has 0 amide bonds. The summed E-state index contributed by atoms with van der Waals surface area (Å²) in [6.45, 7) is 20.3. The molecule has 7 heteroatoms. The molecule has 0 radical (unpaired) electrons. The first-order valence-electron chi connectivity index (χ1n) is 20.3. The summed E-state index contributed by atoms with van der Waals surface area (Å²) in [5.41, 5.74) is 11.5. The summed E-state index contributed by atoms with van der Waals surface area (Å²) in [6, 6.07) is 47.8. The van der Waals surface area contributed by atoms with Crippen molar-refractivity contribution in [3.05, 3.63) is 169 Å². The zero-order valence-electron chi connectivity index (χ0n) is 35.7. The Labute approximate surface area is 367 Å². The van der Waals surface area contributed by atoms with E-state index in [1.807, 2.05) is 24.5 Å². The number of pyridine rings is 2. The van der Waals surface area contributed by atoms with Gasteiger partial charge in [-0.25, -0.2) is 4.98 Å². The molecule has 60 heavy (non-hydrogen) atoms. The molecule has 0 bridgehead atoms. The van der Waals surface area contributed by atoms with Gasteiger partial charge in [0.15, 0.2) is 0 Å². The molecule has 6 nitrogen and oxygen atoms in total. The van der Waals surface area contributed by atoms with Crippen LogP contribution in [0.1, 0.15) is 79.0 Å². The van der Waals surface area contributed by atoms with Crippen LogP contribution in [-0.2, 0) is 37.3 Å². The van der Waals surface area contributed by atoms with Crippen LogP contribution in [0.2, 0.25) is 0 Å². The van der Waals surface area contributed by atoms with Gasteiger partial charge in [-0.05, 0) is 91.7 Å². The van der Waals surface area contributed by atoms with Crippen molar-refractivity contribution < 1.29 is 30.4 Å². The van der Waals surface area contributed by atoms with Crippen molar-refractivity contribution in [3.63, 3.8) is 0 Å². The Morgan fingerprint density at radius 1 is 0.617 bits per heavy atom. The van der Waals surface area contributed by atoms with Crippen LogP contribution in [0.4, 0.5) is 0 Å². The van der Waals surface area contributed by atoms with E-state index in [4.69, 9.17) is 14.7 Å². The summed E-state index contributed by atoms with van der Waals surface area (Å²) in [7, 11) is 0. The molecule has 0 aliphatic heterocycles. The molecule has 9 rings (SSSR count). The van der Waals surface area contributed by atoms with Crippen LogP contribution < -0.4 is 9.30 Å². The predicted molar refractivity (Wildman–Crippen MR) is 239 cm³/mol. The van der Waals surface area contributed by atoms with Gasteiger partial charge in [-0.3, -0.25) is 4.57 Å². The summed E-state index contributed by atoms with van der Waals surface area (Å²) in [6.07, 6.45) is 9.16. The first kappa shape index (κ1) is 40.9. The summed E-state index contributed by atoms with van der Waals surface area (Å²) in [4.78, 5) is 9.54. The van der Waals surface area contributed by atoms with Gasteiger partial charge in [0.2, 0.25) is 0 Å². The smallest absolute Gasteiger partial charge is 0.268 e. The van der Waals surface area contributed by atoms with Crippen molar-refractivity contribution >= 4 is 32.8 Å². The maximum absolute atomic E-state index is 6.60. The molecule has 0 atom stereocenters. The Hall–Kier alpha value is -5.84. The van der Waals surface area contributed by atoms with Gasteiger partial charge in [-0.2, -0.15) is 6.07 Å². The molecule has 4 aromatic heterocycles. The number of imidazole rings is 1. The molecule has 0 spiro atoms. The van der Waals surface area contributed by atoms with E-state index in [1.54, 1.807) is 6.20 Å². The minimum Gasteiger partial charge on any atom is -0.508 e. The third kappa shape index (κ3) is 7.58. The van der Waals surface area contributed by atoms with Gasteiger partial charge in [0.05, 0.1) is 16.7 Å². The second-order valence-corrected chi connectivity index (χ2v) is 18.6. The number of para-hydroxylation sites is 2. The van der Waals surface area contributed by atoms with Crippen LogP contribution in [0.15, 0.2) is 134 Å². The summed E-state index contributed by atoms with van der Waals surface area (Å²) < 4.78 is 13.0. The van der Waals surface area contributed by atoms with E-state index >= 15 is 0 Å². The van der Waals surface area contributed by atoms with Crippen LogP contribution in [-0.4, -0.2) is 19.1 Å². The van der Waals surface area contributed by atoms with Crippen molar-refractivity contribution in [2.75, 3.05) is 0 Å². The third-order valence-corrected chi connectivity index (χ3v) is 11.2. The second kappa shape index (κ2) is 15.3. The topological polar surface area (TPSA) is 48.8 Å². The molecule has 304 valence electrons. The molecular weight excluding hydrogens is 918 g/mol. The molecule has 0 aliphatic rings. The Morgan fingerprint density at radius 2 is 1.32 bits per heavy atom. The Bertz CT molecular complexity index is 3000. The normalized spacial score (nSPS) is 12.3. The van der Waals surface area contributed by atoms with E-state index in [0.717, 1.165) is 55.5 Å². The number of ether oxygens (including phenoxy) is 1. The van der Waals surface area contributed by atoms with Crippen LogP contribution in [0.25, 0.3) is 61.2 Å². The molecule has 0 aliphatic carbocycles. The fourth-order valence-corrected chi connectivity index (χ4v) is 7.81. The van der Waals surface area contributed by atoms with Crippen LogP contribution >= 0.6 is 0 Å². The standard InChI is InChI=1S/C53H49N5O.Pt/c1-51(2,3)36-24-25-55-49(29-36)58-46-20-14-13-18-44(46)45-23-22-41(31-48(45)58)59-42-30-40(32-54-33-42)57-34-56(39-27-37(52(4,5)6)26-38(28-39)53(7,8)9)47-21-15-19-43(50(47)57)35-16-11-10-12-17-35;/h10-29,32-33H,1-9H3;/q-2;. The number of nitrogens with zero attached hydrogens (tertiary/aromatic N) is 5. The fourth-order valence-electron chi connectivity index (χ4n) is 7.81. The third-order valence-electron chi connectivity index (χ3n) is 11.2. The zero-order chi connectivity index (χ0) is 41.3. The van der Waals surface area contributed by atoms with Gasteiger partial charge in [0, 0.05) is 44.3 Å². The summed E-state index contributed by atoms with van der Waals surface area (Å²) >= 11 is 0. The second-order valence-electron chi connectivity index (χ2n) is 18.6. The fraction of sp³-hybridized carbons (Fsp3) is 0.226. The average Bonchev–Trinajstić information content (AvgIpc) is 3.77. The predicted octanol–water partition coefficient (Wildman–Crippen LogP) is 12.5. The SMILES string of the molecule is CC(C)(C)c1cc(-[n+]2[c-]n(-c3[c-]c(Oc4[c-]c5c(cc4)c4ccccc4n5-c4cc(C(C)(C)C)ccn4)cnc3)c3c(-c4ccccc4)cccc32)cc(C(C)(C)C)c1.[Pt]. The van der Waals surface area contributed by atoms with Crippen molar-refractivity contribution in [3.8, 4) is 39.8 Å². The van der Waals surface area contributed by atoms with Crippen LogP contribution in [0.3, 0.4) is 0 Å². The first-order chi connectivity index (χ1) is 28.1. The Morgan fingerprint density at radius 3 is 2.03 bits per heavy atom. The number of aromatic nitrogens is 5. The monoisotopic (exact) mass is 966 g/mol. The Kier molecular flexibility index (Phi) is 10.4. The van der Waals surface area contributed by atoms with Crippen LogP contribution in [0, 0.1) is 18.5 Å². The molecule has 9 aromatic rings. The molecule has 0 fully saturated rings. The quantitative estimate of drug-likeness (QED) is 0.123. The van der Waals surface area contributed by atoms with Gasteiger partial charge >= 0.3 is 0 Å². The van der Waals surface area contributed by atoms with Crippen molar-refractivity contribution in [2.45, 2.75) is 78.6 Å². The van der Waals surface area contributed by atoms with E-state index in [-0.39, 0.29) is 37.3 Å². The average molecular weight is 967 g/mol. The van der Waals surface area contributed by atoms with Gasteiger partial charge in [-0.15, -0.1) is 23.6 Å². The van der Waals surface area contributed by atoms with Gasteiger partial charge in [0.25, 0.3) is 6.33 Å².